The molecule has 0 amide bonds. The van der Waals surface area contributed by atoms with Crippen LogP contribution in [0.3, 0.4) is 0 Å². The molecule has 128 valence electrons. The Kier molecular flexibility index (Phi) is 5.74. The summed E-state index contributed by atoms with van der Waals surface area (Å²) in [7, 11) is 0. The van der Waals surface area contributed by atoms with Crippen molar-refractivity contribution in [3.63, 3.8) is 0 Å². The minimum atomic E-state index is -0.0693. The Labute approximate surface area is 144 Å². The fraction of sp³-hybridized carbons (Fsp3) is 1.00. The van der Waals surface area contributed by atoms with Crippen LogP contribution in [-0.4, -0.2) is 47.9 Å². The quantitative estimate of drug-likeness (QED) is 0.645. The van der Waals surface area contributed by atoms with E-state index in [9.17, 15) is 0 Å². The summed E-state index contributed by atoms with van der Waals surface area (Å²) in [5, 5.41) is 0. The maximum atomic E-state index is 6.52. The molecular formula is C18H32O2S2. The van der Waals surface area contributed by atoms with E-state index >= 15 is 0 Å². The second-order valence-corrected chi connectivity index (χ2v) is 10.3. The summed E-state index contributed by atoms with van der Waals surface area (Å²) >= 11 is 4.17. The van der Waals surface area contributed by atoms with Gasteiger partial charge in [-0.3, -0.25) is 0 Å². The molecule has 1 saturated heterocycles. The van der Waals surface area contributed by atoms with Crippen LogP contribution in [0.15, 0.2) is 0 Å². The fourth-order valence-electron chi connectivity index (χ4n) is 4.69. The predicted octanol–water partition coefficient (Wildman–Crippen LogP) is 4.47. The minimum absolute atomic E-state index is 0.0693. The fourth-order valence-corrected chi connectivity index (χ4v) is 6.69. The lowest BCUT2D eigenvalue weighted by molar-refractivity contribution is -0.275. The van der Waals surface area contributed by atoms with Crippen molar-refractivity contribution in [2.24, 2.45) is 17.3 Å². The molecule has 1 heterocycles. The molecule has 3 aliphatic carbocycles. The standard InChI is InChI=1S/C18H32O2S2/c1-17(2)14-12-15(17)18(3)16(13-14)19-6-4-8-21-10-11-22-9-5-7-20-18/h14-16H,4-13H2,1-3H3/t14?,15?,16?,18-/m1/s1. The number of ether oxygens (including phenoxy) is 2. The normalized spacial score (nSPS) is 43.5. The Morgan fingerprint density at radius 1 is 0.864 bits per heavy atom. The highest BCUT2D eigenvalue weighted by Gasteiger charge is 2.64. The van der Waals surface area contributed by atoms with Gasteiger partial charge in [0.1, 0.15) is 0 Å². The van der Waals surface area contributed by atoms with Crippen molar-refractivity contribution in [2.75, 3.05) is 36.2 Å². The van der Waals surface area contributed by atoms with Gasteiger partial charge < -0.3 is 9.47 Å². The second kappa shape index (κ2) is 7.25. The van der Waals surface area contributed by atoms with Crippen LogP contribution in [0.5, 0.6) is 0 Å². The highest BCUT2D eigenvalue weighted by molar-refractivity contribution is 8.02. The lowest BCUT2D eigenvalue weighted by Crippen LogP contribution is -2.68. The molecule has 22 heavy (non-hydrogen) atoms. The Morgan fingerprint density at radius 2 is 1.55 bits per heavy atom. The van der Waals surface area contributed by atoms with E-state index in [-0.39, 0.29) is 5.60 Å². The summed E-state index contributed by atoms with van der Waals surface area (Å²) < 4.78 is 12.9. The highest BCUT2D eigenvalue weighted by Crippen LogP contribution is 2.64. The lowest BCUT2D eigenvalue weighted by Gasteiger charge is -2.66. The minimum Gasteiger partial charge on any atom is -0.375 e. The van der Waals surface area contributed by atoms with E-state index in [0.29, 0.717) is 17.4 Å². The van der Waals surface area contributed by atoms with Crippen LogP contribution in [0, 0.1) is 17.3 Å². The first-order chi connectivity index (χ1) is 10.5. The van der Waals surface area contributed by atoms with Gasteiger partial charge in [0, 0.05) is 24.7 Å². The van der Waals surface area contributed by atoms with Crippen molar-refractivity contribution in [3.05, 3.63) is 0 Å². The van der Waals surface area contributed by atoms with Crippen molar-refractivity contribution < 1.29 is 9.47 Å². The van der Waals surface area contributed by atoms with Gasteiger partial charge in [0.15, 0.2) is 0 Å². The topological polar surface area (TPSA) is 18.5 Å². The SMILES string of the molecule is CC1(C)C2CC3OCCCSCCSCCCO[C@]3(C)C1C2. The summed E-state index contributed by atoms with van der Waals surface area (Å²) in [5.74, 6) is 6.54. The molecule has 2 nitrogen and oxygen atoms in total. The maximum Gasteiger partial charge on any atom is 0.0948 e. The first kappa shape index (κ1) is 17.4. The monoisotopic (exact) mass is 344 g/mol. The molecule has 4 rings (SSSR count). The first-order valence-electron chi connectivity index (χ1n) is 8.96. The van der Waals surface area contributed by atoms with E-state index in [1.807, 2.05) is 0 Å². The third-order valence-corrected chi connectivity index (χ3v) is 8.67. The van der Waals surface area contributed by atoms with Crippen LogP contribution in [-0.2, 0) is 9.47 Å². The molecule has 0 spiro atoms. The van der Waals surface area contributed by atoms with E-state index in [1.54, 1.807) is 0 Å². The zero-order chi connectivity index (χ0) is 15.6. The Hall–Kier alpha value is 0.620. The van der Waals surface area contributed by atoms with Gasteiger partial charge in [0.05, 0.1) is 11.7 Å². The molecule has 2 bridgehead atoms. The van der Waals surface area contributed by atoms with Crippen LogP contribution in [0.4, 0.5) is 0 Å². The average molecular weight is 345 g/mol. The molecule has 0 N–H and O–H groups in total. The summed E-state index contributed by atoms with van der Waals surface area (Å²) in [6.07, 6.45) is 5.20. The third-order valence-electron chi connectivity index (χ3n) is 6.27. The molecule has 0 aromatic carbocycles. The van der Waals surface area contributed by atoms with Crippen LogP contribution < -0.4 is 0 Å². The van der Waals surface area contributed by atoms with Crippen LogP contribution >= 0.6 is 23.5 Å². The van der Waals surface area contributed by atoms with Gasteiger partial charge >= 0.3 is 0 Å². The summed E-state index contributed by atoms with van der Waals surface area (Å²) in [6, 6.07) is 0. The van der Waals surface area contributed by atoms with E-state index < -0.39 is 0 Å². The van der Waals surface area contributed by atoms with Crippen LogP contribution in [0.25, 0.3) is 0 Å². The number of hydrogen-bond acceptors (Lipinski definition) is 4. The van der Waals surface area contributed by atoms with Crippen LogP contribution in [0.2, 0.25) is 0 Å². The van der Waals surface area contributed by atoms with Gasteiger partial charge in [-0.15, -0.1) is 0 Å². The molecule has 4 atom stereocenters. The molecule has 0 radical (unpaired) electrons. The molecule has 1 aliphatic heterocycles. The second-order valence-electron chi connectivity index (χ2n) is 7.87. The lowest BCUT2D eigenvalue weighted by atomic mass is 9.43. The van der Waals surface area contributed by atoms with Crippen molar-refractivity contribution in [2.45, 2.75) is 58.2 Å². The Balaban J connectivity index is 1.66. The summed E-state index contributed by atoms with van der Waals surface area (Å²) in [4.78, 5) is 0. The zero-order valence-corrected chi connectivity index (χ0v) is 16.1. The number of hydrogen-bond donors (Lipinski definition) is 0. The first-order valence-corrected chi connectivity index (χ1v) is 11.3. The predicted molar refractivity (Wildman–Crippen MR) is 98.0 cm³/mol. The average Bonchev–Trinajstić information content (AvgIpc) is 2.48. The van der Waals surface area contributed by atoms with Crippen LogP contribution in [0.1, 0.15) is 46.5 Å². The maximum absolute atomic E-state index is 6.52. The molecule has 0 aromatic rings. The van der Waals surface area contributed by atoms with E-state index in [4.69, 9.17) is 9.47 Å². The third kappa shape index (κ3) is 3.36. The van der Waals surface area contributed by atoms with E-state index in [2.05, 4.69) is 44.3 Å². The van der Waals surface area contributed by atoms with Crippen molar-refractivity contribution in [3.8, 4) is 0 Å². The molecule has 4 heteroatoms. The largest absolute Gasteiger partial charge is 0.375 e. The molecule has 3 saturated carbocycles. The van der Waals surface area contributed by atoms with E-state index in [0.717, 1.165) is 19.1 Å². The highest BCUT2D eigenvalue weighted by atomic mass is 32.2. The molecule has 4 aliphatic rings. The number of rotatable bonds is 0. The van der Waals surface area contributed by atoms with Crippen molar-refractivity contribution >= 4 is 23.5 Å². The van der Waals surface area contributed by atoms with Gasteiger partial charge in [-0.05, 0) is 61.4 Å². The van der Waals surface area contributed by atoms with Gasteiger partial charge in [0.2, 0.25) is 0 Å². The Morgan fingerprint density at radius 3 is 2.23 bits per heavy atom. The Bertz CT molecular complexity index is 374. The van der Waals surface area contributed by atoms with Gasteiger partial charge in [-0.25, -0.2) is 0 Å². The van der Waals surface area contributed by atoms with Gasteiger partial charge in [0.25, 0.3) is 0 Å². The smallest absolute Gasteiger partial charge is 0.0948 e. The van der Waals surface area contributed by atoms with Crippen molar-refractivity contribution in [1.29, 1.82) is 0 Å². The van der Waals surface area contributed by atoms with Crippen molar-refractivity contribution in [1.82, 2.24) is 0 Å². The summed E-state index contributed by atoms with van der Waals surface area (Å²) in [6.45, 7) is 9.02. The number of thioether (sulfide) groups is 2. The molecule has 3 unspecified atom stereocenters. The van der Waals surface area contributed by atoms with Gasteiger partial charge in [-0.2, -0.15) is 23.5 Å². The zero-order valence-electron chi connectivity index (χ0n) is 14.4. The summed E-state index contributed by atoms with van der Waals surface area (Å²) in [5.41, 5.74) is 0.366. The molecule has 4 fully saturated rings. The van der Waals surface area contributed by atoms with E-state index in [1.165, 1.54) is 48.7 Å². The van der Waals surface area contributed by atoms with Gasteiger partial charge in [-0.1, -0.05) is 13.8 Å². The molecular weight excluding hydrogens is 312 g/mol. The molecule has 0 aromatic heterocycles.